The number of carboxylic acid groups (broad SMARTS) is 1. The summed E-state index contributed by atoms with van der Waals surface area (Å²) in [6.07, 6.45) is -2.37. The molecule has 0 heterocycles. The van der Waals surface area contributed by atoms with Gasteiger partial charge in [-0.05, 0) is 23.3 Å². The van der Waals surface area contributed by atoms with Crippen LogP contribution in [0.5, 0.6) is 0 Å². The number of alkyl halides is 1. The number of carbonyl (C=O) groups is 1. The molecule has 0 fully saturated rings. The zero-order chi connectivity index (χ0) is 13.3. The Hall–Kier alpha value is -1.94. The number of fused-ring (bicyclic) bond motifs is 1. The normalized spacial score (nSPS) is 16.2. The Morgan fingerprint density at radius 2 is 1.83 bits per heavy atom. The van der Waals surface area contributed by atoms with Gasteiger partial charge in [0, 0.05) is 0 Å². The van der Waals surface area contributed by atoms with Crippen molar-refractivity contribution in [1.29, 1.82) is 0 Å². The van der Waals surface area contributed by atoms with Gasteiger partial charge in [-0.2, -0.15) is 0 Å². The standard InChI is InChI=1S/C14H13FO3/c1-14(18,12(15)13(16)17)11-8-4-6-9-5-2-3-7-10(9)11/h2-8,12,18H,1H3,(H,16,17). The third-order valence-corrected chi connectivity index (χ3v) is 3.05. The maximum Gasteiger partial charge on any atom is 0.341 e. The predicted molar refractivity (Wildman–Crippen MR) is 66.1 cm³/mol. The van der Waals surface area contributed by atoms with Crippen LogP contribution in [0.3, 0.4) is 0 Å². The van der Waals surface area contributed by atoms with Crippen molar-refractivity contribution in [3.8, 4) is 0 Å². The largest absolute Gasteiger partial charge is 0.479 e. The van der Waals surface area contributed by atoms with Crippen LogP contribution in [-0.2, 0) is 10.4 Å². The Morgan fingerprint density at radius 3 is 2.50 bits per heavy atom. The smallest absolute Gasteiger partial charge is 0.341 e. The number of hydrogen-bond acceptors (Lipinski definition) is 2. The summed E-state index contributed by atoms with van der Waals surface area (Å²) in [6, 6.07) is 12.2. The molecule has 2 aromatic carbocycles. The lowest BCUT2D eigenvalue weighted by molar-refractivity contribution is -0.153. The summed E-state index contributed by atoms with van der Waals surface area (Å²) in [5.74, 6) is -1.67. The van der Waals surface area contributed by atoms with Gasteiger partial charge >= 0.3 is 5.97 Å². The van der Waals surface area contributed by atoms with Gasteiger partial charge < -0.3 is 10.2 Å². The van der Waals surface area contributed by atoms with Gasteiger partial charge in [-0.25, -0.2) is 9.18 Å². The van der Waals surface area contributed by atoms with E-state index in [1.165, 1.54) is 13.0 Å². The molecule has 0 aliphatic rings. The molecule has 2 unspecified atom stereocenters. The van der Waals surface area contributed by atoms with Crippen LogP contribution in [-0.4, -0.2) is 22.4 Å². The number of rotatable bonds is 3. The Labute approximate surface area is 103 Å². The molecule has 0 aliphatic heterocycles. The Balaban J connectivity index is 2.64. The van der Waals surface area contributed by atoms with E-state index in [4.69, 9.17) is 5.11 Å². The number of aliphatic hydroxyl groups is 1. The van der Waals surface area contributed by atoms with Crippen molar-refractivity contribution in [2.75, 3.05) is 0 Å². The summed E-state index contributed by atoms with van der Waals surface area (Å²) in [5, 5.41) is 20.4. The number of hydrogen-bond donors (Lipinski definition) is 2. The fourth-order valence-electron chi connectivity index (χ4n) is 2.04. The van der Waals surface area contributed by atoms with Crippen LogP contribution >= 0.6 is 0 Å². The summed E-state index contributed by atoms with van der Waals surface area (Å²) in [4.78, 5) is 10.7. The molecule has 2 atom stereocenters. The second-order valence-electron chi connectivity index (χ2n) is 4.38. The van der Waals surface area contributed by atoms with Crippen molar-refractivity contribution >= 4 is 16.7 Å². The first-order chi connectivity index (χ1) is 8.44. The summed E-state index contributed by atoms with van der Waals surface area (Å²) in [6.45, 7) is 1.17. The SMILES string of the molecule is CC(O)(c1cccc2ccccc12)C(F)C(=O)O. The van der Waals surface area contributed by atoms with Gasteiger partial charge in [-0.1, -0.05) is 42.5 Å². The maximum atomic E-state index is 13.7. The molecule has 0 saturated carbocycles. The minimum absolute atomic E-state index is 0.274. The van der Waals surface area contributed by atoms with E-state index in [9.17, 15) is 14.3 Å². The van der Waals surface area contributed by atoms with Gasteiger partial charge in [0.05, 0.1) is 0 Å². The minimum atomic E-state index is -2.37. The first-order valence-electron chi connectivity index (χ1n) is 5.52. The topological polar surface area (TPSA) is 57.5 Å². The number of halogens is 1. The quantitative estimate of drug-likeness (QED) is 0.877. The van der Waals surface area contributed by atoms with Crippen molar-refractivity contribution < 1.29 is 19.4 Å². The lowest BCUT2D eigenvalue weighted by Gasteiger charge is -2.26. The van der Waals surface area contributed by atoms with Crippen LogP contribution in [0.2, 0.25) is 0 Å². The highest BCUT2D eigenvalue weighted by molar-refractivity contribution is 5.87. The second kappa shape index (κ2) is 4.38. The van der Waals surface area contributed by atoms with Crippen molar-refractivity contribution in [1.82, 2.24) is 0 Å². The molecule has 0 aromatic heterocycles. The molecule has 4 heteroatoms. The Bertz CT molecular complexity index is 587. The lowest BCUT2D eigenvalue weighted by Crippen LogP contribution is -2.39. The zero-order valence-electron chi connectivity index (χ0n) is 9.80. The molecule has 0 aliphatic carbocycles. The van der Waals surface area contributed by atoms with Crippen molar-refractivity contribution in [2.45, 2.75) is 18.7 Å². The van der Waals surface area contributed by atoms with Crippen molar-refractivity contribution in [2.24, 2.45) is 0 Å². The summed E-state index contributed by atoms with van der Waals surface area (Å²) >= 11 is 0. The molecule has 94 valence electrons. The second-order valence-corrected chi connectivity index (χ2v) is 4.38. The van der Waals surface area contributed by atoms with Crippen LogP contribution in [0, 0.1) is 0 Å². The van der Waals surface area contributed by atoms with Crippen LogP contribution in [0.25, 0.3) is 10.8 Å². The first-order valence-corrected chi connectivity index (χ1v) is 5.52. The first kappa shape index (κ1) is 12.5. The van der Waals surface area contributed by atoms with Crippen molar-refractivity contribution in [3.63, 3.8) is 0 Å². The highest BCUT2D eigenvalue weighted by Gasteiger charge is 2.40. The molecule has 2 aromatic rings. The van der Waals surface area contributed by atoms with E-state index in [1.54, 1.807) is 18.2 Å². The zero-order valence-corrected chi connectivity index (χ0v) is 9.80. The van der Waals surface area contributed by atoms with Gasteiger partial charge in [0.2, 0.25) is 6.17 Å². The van der Waals surface area contributed by atoms with E-state index in [0.717, 1.165) is 5.39 Å². The molecule has 18 heavy (non-hydrogen) atoms. The van der Waals surface area contributed by atoms with Gasteiger partial charge in [0.15, 0.2) is 0 Å². The van der Waals surface area contributed by atoms with Crippen LogP contribution in [0.15, 0.2) is 42.5 Å². The fraction of sp³-hybridized carbons (Fsp3) is 0.214. The molecule has 0 bridgehead atoms. The van der Waals surface area contributed by atoms with Crippen LogP contribution in [0.1, 0.15) is 12.5 Å². The molecule has 2 rings (SSSR count). The molecule has 2 N–H and O–H groups in total. The summed E-state index contributed by atoms with van der Waals surface area (Å²) < 4.78 is 13.7. The Morgan fingerprint density at radius 1 is 1.22 bits per heavy atom. The van der Waals surface area contributed by atoms with E-state index in [1.807, 2.05) is 18.2 Å². The monoisotopic (exact) mass is 248 g/mol. The van der Waals surface area contributed by atoms with E-state index < -0.39 is 17.7 Å². The van der Waals surface area contributed by atoms with Crippen LogP contribution in [0.4, 0.5) is 4.39 Å². The van der Waals surface area contributed by atoms with Crippen LogP contribution < -0.4 is 0 Å². The predicted octanol–water partition coefficient (Wildman–Crippen LogP) is 2.47. The fourth-order valence-corrected chi connectivity index (χ4v) is 2.04. The molecule has 0 radical (unpaired) electrons. The molecule has 0 spiro atoms. The average molecular weight is 248 g/mol. The third kappa shape index (κ3) is 1.95. The van der Waals surface area contributed by atoms with Gasteiger partial charge in [-0.15, -0.1) is 0 Å². The Kier molecular flexibility index (Phi) is 3.05. The summed E-state index contributed by atoms with van der Waals surface area (Å²) in [5.41, 5.74) is -1.79. The molecular weight excluding hydrogens is 235 g/mol. The average Bonchev–Trinajstić information content (AvgIpc) is 2.36. The van der Waals surface area contributed by atoms with E-state index in [2.05, 4.69) is 0 Å². The highest BCUT2D eigenvalue weighted by Crippen LogP contribution is 2.32. The third-order valence-electron chi connectivity index (χ3n) is 3.05. The maximum absolute atomic E-state index is 13.7. The van der Waals surface area contributed by atoms with Gasteiger partial charge in [0.25, 0.3) is 0 Å². The minimum Gasteiger partial charge on any atom is -0.479 e. The van der Waals surface area contributed by atoms with Gasteiger partial charge in [-0.3, -0.25) is 0 Å². The molecule has 3 nitrogen and oxygen atoms in total. The van der Waals surface area contributed by atoms with Crippen molar-refractivity contribution in [3.05, 3.63) is 48.0 Å². The molecule has 0 amide bonds. The molecular formula is C14H13FO3. The van der Waals surface area contributed by atoms with E-state index in [0.29, 0.717) is 5.39 Å². The van der Waals surface area contributed by atoms with E-state index in [-0.39, 0.29) is 5.56 Å². The summed E-state index contributed by atoms with van der Waals surface area (Å²) in [7, 11) is 0. The number of carboxylic acids is 1. The molecule has 0 saturated heterocycles. The number of benzene rings is 2. The highest BCUT2D eigenvalue weighted by atomic mass is 19.1. The lowest BCUT2D eigenvalue weighted by atomic mass is 9.87. The van der Waals surface area contributed by atoms with Gasteiger partial charge in [0.1, 0.15) is 5.60 Å². The van der Waals surface area contributed by atoms with E-state index >= 15 is 0 Å². The number of aliphatic carboxylic acids is 1.